The number of benzene rings is 2. The Morgan fingerprint density at radius 2 is 2.14 bits per heavy atom. The summed E-state index contributed by atoms with van der Waals surface area (Å²) < 4.78 is 11.3. The van der Waals surface area contributed by atoms with E-state index in [1.165, 1.54) is 11.1 Å². The maximum Gasteiger partial charge on any atom is 0.194 e. The molecule has 1 heterocycles. The van der Waals surface area contributed by atoms with Crippen LogP contribution in [0.25, 0.3) is 0 Å². The van der Waals surface area contributed by atoms with Crippen LogP contribution in [0.5, 0.6) is 5.75 Å². The van der Waals surface area contributed by atoms with Crippen molar-refractivity contribution in [3.05, 3.63) is 65.2 Å². The summed E-state index contributed by atoms with van der Waals surface area (Å²) in [6.07, 6.45) is -0.677. The number of guanidine groups is 1. The van der Waals surface area contributed by atoms with Gasteiger partial charge in [-0.15, -0.1) is 0 Å². The summed E-state index contributed by atoms with van der Waals surface area (Å²) in [7, 11) is 1.62. The Morgan fingerprint density at radius 3 is 2.90 bits per heavy atom. The van der Waals surface area contributed by atoms with Crippen LogP contribution >= 0.6 is 0 Å². The molecule has 1 aliphatic heterocycles. The number of morpholine rings is 1. The largest absolute Gasteiger partial charge is 0.497 e. The van der Waals surface area contributed by atoms with Gasteiger partial charge in [-0.3, -0.25) is 4.99 Å². The molecule has 156 valence electrons. The van der Waals surface area contributed by atoms with E-state index in [0.717, 1.165) is 36.9 Å². The molecule has 2 atom stereocenters. The fourth-order valence-electron chi connectivity index (χ4n) is 3.53. The van der Waals surface area contributed by atoms with Gasteiger partial charge in [0.1, 0.15) is 11.9 Å². The molecule has 0 amide bonds. The van der Waals surface area contributed by atoms with Crippen LogP contribution < -0.4 is 10.1 Å². The highest BCUT2D eigenvalue weighted by Gasteiger charge is 2.25. The Kier molecular flexibility index (Phi) is 7.49. The molecule has 1 saturated heterocycles. The molecule has 0 bridgehead atoms. The molecule has 2 aromatic rings. The molecule has 1 aliphatic rings. The van der Waals surface area contributed by atoms with Gasteiger partial charge in [-0.1, -0.05) is 36.4 Å². The van der Waals surface area contributed by atoms with Gasteiger partial charge in [0.15, 0.2) is 5.96 Å². The second-order valence-corrected chi connectivity index (χ2v) is 7.15. The molecular formula is C23H31N3O3. The van der Waals surface area contributed by atoms with Crippen LogP contribution in [0, 0.1) is 6.92 Å². The molecule has 6 heteroatoms. The first-order valence-electron chi connectivity index (χ1n) is 10.1. The number of aliphatic hydroxyl groups is 1. The standard InChI is InChI=1S/C23H31N3O3/c1-4-24-23(25-15-21(27)18-9-7-10-19(14-18)28-3)26-12-13-29-22(16-26)20-11-6-5-8-17(20)2/h5-11,14,21-22,27H,4,12-13,15-16H2,1-3H3,(H,24,25). The fraction of sp³-hybridized carbons (Fsp3) is 0.435. The zero-order valence-electron chi connectivity index (χ0n) is 17.5. The smallest absolute Gasteiger partial charge is 0.194 e. The molecular weight excluding hydrogens is 366 g/mol. The van der Waals surface area contributed by atoms with Crippen LogP contribution in [0.3, 0.4) is 0 Å². The third kappa shape index (κ3) is 5.49. The quantitative estimate of drug-likeness (QED) is 0.579. The number of nitrogens with one attached hydrogen (secondary N) is 1. The minimum Gasteiger partial charge on any atom is -0.497 e. The van der Waals surface area contributed by atoms with Gasteiger partial charge in [0, 0.05) is 13.1 Å². The van der Waals surface area contributed by atoms with E-state index in [1.54, 1.807) is 7.11 Å². The van der Waals surface area contributed by atoms with E-state index in [9.17, 15) is 5.11 Å². The van der Waals surface area contributed by atoms with E-state index in [1.807, 2.05) is 37.3 Å². The topological polar surface area (TPSA) is 66.3 Å². The van der Waals surface area contributed by atoms with E-state index in [2.05, 4.69) is 35.3 Å². The Balaban J connectivity index is 1.71. The number of hydrogen-bond acceptors (Lipinski definition) is 4. The van der Waals surface area contributed by atoms with Gasteiger partial charge in [-0.2, -0.15) is 0 Å². The van der Waals surface area contributed by atoms with Crippen LogP contribution in [0.4, 0.5) is 0 Å². The summed E-state index contributed by atoms with van der Waals surface area (Å²) >= 11 is 0. The van der Waals surface area contributed by atoms with Crippen LogP contribution in [0.1, 0.15) is 35.8 Å². The normalized spacial score (nSPS) is 18.4. The van der Waals surface area contributed by atoms with E-state index in [4.69, 9.17) is 14.5 Å². The number of ether oxygens (including phenoxy) is 2. The SMILES string of the molecule is CCNC(=NCC(O)c1cccc(OC)c1)N1CCOC(c2ccccc2C)C1. The average molecular weight is 398 g/mol. The van der Waals surface area contributed by atoms with Crippen LogP contribution in [0.15, 0.2) is 53.5 Å². The van der Waals surface area contributed by atoms with Gasteiger partial charge < -0.3 is 24.8 Å². The molecule has 0 aliphatic carbocycles. The molecule has 0 saturated carbocycles. The first-order chi connectivity index (χ1) is 14.1. The molecule has 1 fully saturated rings. The number of aliphatic hydroxyl groups excluding tert-OH is 1. The van der Waals surface area contributed by atoms with Gasteiger partial charge in [0.25, 0.3) is 0 Å². The van der Waals surface area contributed by atoms with Crippen LogP contribution in [-0.2, 0) is 4.74 Å². The number of hydrogen-bond donors (Lipinski definition) is 2. The lowest BCUT2D eigenvalue weighted by atomic mass is 10.0. The summed E-state index contributed by atoms with van der Waals surface area (Å²) in [4.78, 5) is 6.92. The van der Waals surface area contributed by atoms with Gasteiger partial charge >= 0.3 is 0 Å². The highest BCUT2D eigenvalue weighted by molar-refractivity contribution is 5.80. The summed E-state index contributed by atoms with van der Waals surface area (Å²) in [5.74, 6) is 1.53. The highest BCUT2D eigenvalue weighted by Crippen LogP contribution is 2.25. The van der Waals surface area contributed by atoms with Crippen molar-refractivity contribution in [3.63, 3.8) is 0 Å². The average Bonchev–Trinajstić information content (AvgIpc) is 2.77. The number of rotatable bonds is 6. The predicted molar refractivity (Wildman–Crippen MR) is 115 cm³/mol. The maximum absolute atomic E-state index is 10.6. The van der Waals surface area contributed by atoms with Gasteiger partial charge in [0.2, 0.25) is 0 Å². The fourth-order valence-corrected chi connectivity index (χ4v) is 3.53. The Labute approximate surface area is 173 Å². The molecule has 2 aromatic carbocycles. The molecule has 2 unspecified atom stereocenters. The number of aliphatic imine (C=N–C) groups is 1. The Hall–Kier alpha value is -2.57. The van der Waals surface area contributed by atoms with Crippen molar-refractivity contribution in [3.8, 4) is 5.75 Å². The second-order valence-electron chi connectivity index (χ2n) is 7.15. The van der Waals surface area contributed by atoms with Crippen LogP contribution in [-0.4, -0.2) is 55.9 Å². The van der Waals surface area contributed by atoms with Crippen molar-refractivity contribution in [1.82, 2.24) is 10.2 Å². The van der Waals surface area contributed by atoms with Crippen molar-refractivity contribution in [2.45, 2.75) is 26.1 Å². The molecule has 0 aromatic heterocycles. The van der Waals surface area contributed by atoms with Crippen molar-refractivity contribution in [2.24, 2.45) is 4.99 Å². The van der Waals surface area contributed by atoms with Gasteiger partial charge in [-0.25, -0.2) is 0 Å². The maximum atomic E-state index is 10.6. The first-order valence-corrected chi connectivity index (χ1v) is 10.1. The molecule has 0 spiro atoms. The molecule has 0 radical (unpaired) electrons. The molecule has 3 rings (SSSR count). The van der Waals surface area contributed by atoms with Gasteiger partial charge in [-0.05, 0) is 42.7 Å². The Bertz CT molecular complexity index is 825. The molecule has 29 heavy (non-hydrogen) atoms. The lowest BCUT2D eigenvalue weighted by Crippen LogP contribution is -2.48. The van der Waals surface area contributed by atoms with Crippen molar-refractivity contribution in [1.29, 1.82) is 0 Å². The minimum absolute atomic E-state index is 0.0112. The second kappa shape index (κ2) is 10.3. The summed E-state index contributed by atoms with van der Waals surface area (Å²) in [6.45, 7) is 7.34. The van der Waals surface area contributed by atoms with Crippen molar-refractivity contribution in [2.75, 3.05) is 39.9 Å². The summed E-state index contributed by atoms with van der Waals surface area (Å²) in [5.41, 5.74) is 3.24. The Morgan fingerprint density at radius 1 is 1.31 bits per heavy atom. The molecule has 2 N–H and O–H groups in total. The summed E-state index contributed by atoms with van der Waals surface area (Å²) in [6, 6.07) is 15.8. The van der Waals surface area contributed by atoms with E-state index in [0.29, 0.717) is 6.61 Å². The lowest BCUT2D eigenvalue weighted by molar-refractivity contribution is -0.00839. The highest BCUT2D eigenvalue weighted by atomic mass is 16.5. The van der Waals surface area contributed by atoms with Gasteiger partial charge in [0.05, 0.1) is 32.9 Å². The van der Waals surface area contributed by atoms with E-state index < -0.39 is 6.10 Å². The number of aryl methyl sites for hydroxylation is 1. The molecule has 6 nitrogen and oxygen atoms in total. The summed E-state index contributed by atoms with van der Waals surface area (Å²) in [5, 5.41) is 13.9. The number of methoxy groups -OCH3 is 1. The monoisotopic (exact) mass is 397 g/mol. The van der Waals surface area contributed by atoms with E-state index >= 15 is 0 Å². The van der Waals surface area contributed by atoms with Crippen molar-refractivity contribution >= 4 is 5.96 Å². The first kappa shape index (κ1) is 21.1. The third-order valence-corrected chi connectivity index (χ3v) is 5.13. The third-order valence-electron chi connectivity index (χ3n) is 5.13. The minimum atomic E-state index is -0.688. The predicted octanol–water partition coefficient (Wildman–Crippen LogP) is 3.08. The number of nitrogens with zero attached hydrogens (tertiary/aromatic N) is 2. The zero-order chi connectivity index (χ0) is 20.6. The van der Waals surface area contributed by atoms with E-state index in [-0.39, 0.29) is 12.6 Å². The lowest BCUT2D eigenvalue weighted by Gasteiger charge is -2.36. The van der Waals surface area contributed by atoms with Crippen molar-refractivity contribution < 1.29 is 14.6 Å². The van der Waals surface area contributed by atoms with Crippen LogP contribution in [0.2, 0.25) is 0 Å². The zero-order valence-corrected chi connectivity index (χ0v) is 17.5.